The zero-order chi connectivity index (χ0) is 10.6. The number of carboxylic acids is 1. The molecule has 0 aromatic carbocycles. The van der Waals surface area contributed by atoms with Crippen LogP contribution in [0, 0.1) is 0 Å². The first kappa shape index (κ1) is 10.5. The van der Waals surface area contributed by atoms with Crippen LogP contribution in [0.25, 0.3) is 0 Å². The molecule has 0 radical (unpaired) electrons. The molecule has 0 saturated heterocycles. The van der Waals surface area contributed by atoms with Crippen molar-refractivity contribution in [2.45, 2.75) is 18.9 Å². The van der Waals surface area contributed by atoms with Gasteiger partial charge in [0.05, 0.1) is 17.6 Å². The third kappa shape index (κ3) is 3.02. The molecule has 5 heteroatoms. The van der Waals surface area contributed by atoms with Gasteiger partial charge in [-0.2, -0.15) is 0 Å². The fourth-order valence-electron chi connectivity index (χ4n) is 1.06. The van der Waals surface area contributed by atoms with Crippen molar-refractivity contribution in [3.8, 4) is 0 Å². The SMILES string of the molecule is Nc1ccc([C@@H](N)CCC(=O)O)nc1. The van der Waals surface area contributed by atoms with Crippen LogP contribution in [-0.4, -0.2) is 16.1 Å². The van der Waals surface area contributed by atoms with Crippen LogP contribution < -0.4 is 11.5 Å². The van der Waals surface area contributed by atoms with E-state index in [2.05, 4.69) is 4.98 Å². The van der Waals surface area contributed by atoms with Gasteiger partial charge >= 0.3 is 5.97 Å². The topological polar surface area (TPSA) is 102 Å². The summed E-state index contributed by atoms with van der Waals surface area (Å²) in [6, 6.07) is 3.07. The molecule has 1 rings (SSSR count). The number of hydrogen-bond donors (Lipinski definition) is 3. The molecule has 1 atom stereocenters. The number of carboxylic acid groups (broad SMARTS) is 1. The molecule has 0 bridgehead atoms. The second-order valence-corrected chi connectivity index (χ2v) is 3.06. The maximum absolute atomic E-state index is 10.3. The Labute approximate surface area is 81.7 Å². The third-order valence-electron chi connectivity index (χ3n) is 1.86. The van der Waals surface area contributed by atoms with Crippen LogP contribution in [0.3, 0.4) is 0 Å². The van der Waals surface area contributed by atoms with Crippen LogP contribution in [0.1, 0.15) is 24.6 Å². The van der Waals surface area contributed by atoms with Crippen LogP contribution in [-0.2, 0) is 4.79 Å². The zero-order valence-corrected chi connectivity index (χ0v) is 7.68. The molecule has 0 amide bonds. The summed E-state index contributed by atoms with van der Waals surface area (Å²) < 4.78 is 0. The van der Waals surface area contributed by atoms with E-state index in [0.717, 1.165) is 0 Å². The van der Waals surface area contributed by atoms with E-state index in [4.69, 9.17) is 16.6 Å². The Morgan fingerprint density at radius 3 is 2.79 bits per heavy atom. The first-order valence-electron chi connectivity index (χ1n) is 4.28. The van der Waals surface area contributed by atoms with Gasteiger partial charge in [-0.05, 0) is 18.6 Å². The van der Waals surface area contributed by atoms with Crippen LogP contribution in [0.15, 0.2) is 18.3 Å². The summed E-state index contributed by atoms with van der Waals surface area (Å²) in [5, 5.41) is 8.46. The van der Waals surface area contributed by atoms with Gasteiger partial charge in [0.1, 0.15) is 0 Å². The van der Waals surface area contributed by atoms with E-state index in [9.17, 15) is 4.79 Å². The molecule has 1 heterocycles. The van der Waals surface area contributed by atoms with Crippen molar-refractivity contribution in [1.82, 2.24) is 4.98 Å². The van der Waals surface area contributed by atoms with Gasteiger partial charge in [0.25, 0.3) is 0 Å². The van der Waals surface area contributed by atoms with Crippen molar-refractivity contribution in [3.05, 3.63) is 24.0 Å². The number of carbonyl (C=O) groups is 1. The van der Waals surface area contributed by atoms with Crippen LogP contribution in [0.4, 0.5) is 5.69 Å². The molecule has 0 fully saturated rings. The average Bonchev–Trinajstić information content (AvgIpc) is 2.15. The molecule has 5 N–H and O–H groups in total. The number of nitrogens with zero attached hydrogens (tertiary/aromatic N) is 1. The highest BCUT2D eigenvalue weighted by Crippen LogP contribution is 2.13. The number of nitrogens with two attached hydrogens (primary N) is 2. The summed E-state index contributed by atoms with van der Waals surface area (Å²) in [7, 11) is 0. The maximum Gasteiger partial charge on any atom is 0.303 e. The highest BCUT2D eigenvalue weighted by atomic mass is 16.4. The summed E-state index contributed by atoms with van der Waals surface area (Å²) >= 11 is 0. The summed E-state index contributed by atoms with van der Waals surface area (Å²) in [4.78, 5) is 14.3. The maximum atomic E-state index is 10.3. The number of rotatable bonds is 4. The van der Waals surface area contributed by atoms with Crippen molar-refractivity contribution < 1.29 is 9.90 Å². The predicted octanol–water partition coefficient (Wildman–Crippen LogP) is 0.528. The minimum atomic E-state index is -0.851. The van der Waals surface area contributed by atoms with E-state index in [-0.39, 0.29) is 12.5 Å². The van der Waals surface area contributed by atoms with Gasteiger partial charge in [-0.3, -0.25) is 9.78 Å². The Bertz CT molecular complexity index is 310. The normalized spacial score (nSPS) is 12.4. The molecular formula is C9H13N3O2. The quantitative estimate of drug-likeness (QED) is 0.650. The Morgan fingerprint density at radius 1 is 1.57 bits per heavy atom. The lowest BCUT2D eigenvalue weighted by Crippen LogP contribution is -2.13. The van der Waals surface area contributed by atoms with Crippen molar-refractivity contribution >= 4 is 11.7 Å². The van der Waals surface area contributed by atoms with Crippen molar-refractivity contribution in [2.75, 3.05) is 5.73 Å². The van der Waals surface area contributed by atoms with E-state index in [1.165, 1.54) is 6.20 Å². The number of aliphatic carboxylic acids is 1. The minimum Gasteiger partial charge on any atom is -0.481 e. The smallest absolute Gasteiger partial charge is 0.303 e. The summed E-state index contributed by atoms with van der Waals surface area (Å²) in [5.41, 5.74) is 12.4. The molecule has 0 aliphatic heterocycles. The Hall–Kier alpha value is -1.62. The highest BCUT2D eigenvalue weighted by Gasteiger charge is 2.09. The second kappa shape index (κ2) is 4.57. The molecular weight excluding hydrogens is 182 g/mol. The lowest BCUT2D eigenvalue weighted by molar-refractivity contribution is -0.137. The average molecular weight is 195 g/mol. The van der Waals surface area contributed by atoms with Crippen LogP contribution in [0.2, 0.25) is 0 Å². The number of hydrogen-bond acceptors (Lipinski definition) is 4. The van der Waals surface area contributed by atoms with Gasteiger partial charge in [-0.1, -0.05) is 0 Å². The molecule has 0 saturated carbocycles. The van der Waals surface area contributed by atoms with Gasteiger partial charge in [-0.15, -0.1) is 0 Å². The largest absolute Gasteiger partial charge is 0.481 e. The van der Waals surface area contributed by atoms with E-state index in [1.54, 1.807) is 12.1 Å². The monoisotopic (exact) mass is 195 g/mol. The predicted molar refractivity (Wildman–Crippen MR) is 52.4 cm³/mol. The molecule has 1 aromatic rings. The second-order valence-electron chi connectivity index (χ2n) is 3.06. The molecule has 0 aliphatic rings. The number of nitrogen functional groups attached to an aromatic ring is 1. The summed E-state index contributed by atoms with van der Waals surface area (Å²) in [6.07, 6.45) is 1.94. The van der Waals surface area contributed by atoms with Crippen molar-refractivity contribution in [3.63, 3.8) is 0 Å². The summed E-state index contributed by atoms with van der Waals surface area (Å²) in [5.74, 6) is -0.851. The Kier molecular flexibility index (Phi) is 3.41. The number of pyridine rings is 1. The molecule has 1 aromatic heterocycles. The van der Waals surface area contributed by atoms with E-state index in [1.807, 2.05) is 0 Å². The van der Waals surface area contributed by atoms with Crippen molar-refractivity contribution in [2.24, 2.45) is 5.73 Å². The lowest BCUT2D eigenvalue weighted by atomic mass is 10.1. The van der Waals surface area contributed by atoms with E-state index in [0.29, 0.717) is 17.8 Å². The molecule has 14 heavy (non-hydrogen) atoms. The van der Waals surface area contributed by atoms with Crippen LogP contribution >= 0.6 is 0 Å². The third-order valence-corrected chi connectivity index (χ3v) is 1.86. The molecule has 5 nitrogen and oxygen atoms in total. The van der Waals surface area contributed by atoms with Crippen molar-refractivity contribution in [1.29, 1.82) is 0 Å². The van der Waals surface area contributed by atoms with Gasteiger partial charge in [-0.25, -0.2) is 0 Å². The van der Waals surface area contributed by atoms with Gasteiger partial charge in [0.2, 0.25) is 0 Å². The van der Waals surface area contributed by atoms with Gasteiger partial charge in [0.15, 0.2) is 0 Å². The number of anilines is 1. The van der Waals surface area contributed by atoms with E-state index < -0.39 is 5.97 Å². The fourth-order valence-corrected chi connectivity index (χ4v) is 1.06. The Morgan fingerprint density at radius 2 is 2.29 bits per heavy atom. The first-order chi connectivity index (χ1) is 6.59. The van der Waals surface area contributed by atoms with Gasteiger partial charge < -0.3 is 16.6 Å². The molecule has 0 spiro atoms. The molecule has 76 valence electrons. The molecule has 0 unspecified atom stereocenters. The highest BCUT2D eigenvalue weighted by molar-refractivity contribution is 5.66. The summed E-state index contributed by atoms with van der Waals surface area (Å²) in [6.45, 7) is 0. The standard InChI is InChI=1S/C9H13N3O2/c10-6-1-3-8(12-5-6)7(11)2-4-9(13)14/h1,3,5,7H,2,4,10-11H2,(H,13,14)/t7-/m0/s1. The first-order valence-corrected chi connectivity index (χ1v) is 4.28. The number of aromatic nitrogens is 1. The van der Waals surface area contributed by atoms with E-state index >= 15 is 0 Å². The van der Waals surface area contributed by atoms with Gasteiger partial charge in [0, 0.05) is 12.5 Å². The Balaban J connectivity index is 2.56. The fraction of sp³-hybridized carbons (Fsp3) is 0.333. The molecule has 0 aliphatic carbocycles. The lowest BCUT2D eigenvalue weighted by Gasteiger charge is -2.09. The zero-order valence-electron chi connectivity index (χ0n) is 7.68. The minimum absolute atomic E-state index is 0.0488. The van der Waals surface area contributed by atoms with Crippen LogP contribution in [0.5, 0.6) is 0 Å².